The third kappa shape index (κ3) is 4.04. The van der Waals surface area contributed by atoms with Crippen LogP contribution >= 0.6 is 24.0 Å². The predicted octanol–water partition coefficient (Wildman–Crippen LogP) is 2.61. The monoisotopic (exact) mass is 472 g/mol. The molecule has 168 valence electrons. The molecule has 2 aliphatic rings. The molecule has 4 rings (SSSR count). The zero-order valence-corrected chi connectivity index (χ0v) is 19.8. The lowest BCUT2D eigenvalue weighted by Gasteiger charge is -2.32. The van der Waals surface area contributed by atoms with Crippen LogP contribution in [0.25, 0.3) is 11.7 Å². The zero-order valence-electron chi connectivity index (χ0n) is 18.2. The maximum Gasteiger partial charge on any atom is 0.309 e. The lowest BCUT2D eigenvalue weighted by atomic mass is 9.96. The number of aryl methyl sites for hydroxylation is 1. The number of carbonyl (C=O) groups excluding carboxylic acids is 2. The van der Waals surface area contributed by atoms with E-state index in [1.165, 1.54) is 21.1 Å². The third-order valence-corrected chi connectivity index (χ3v) is 7.23. The number of anilines is 1. The molecule has 0 bridgehead atoms. The topological polar surface area (TPSA) is 84.2 Å². The molecule has 2 aliphatic heterocycles. The van der Waals surface area contributed by atoms with E-state index in [1.807, 2.05) is 17.9 Å². The molecule has 10 heteroatoms. The number of hydrogen-bond acceptors (Lipinski definition) is 8. The van der Waals surface area contributed by atoms with Crippen LogP contribution in [-0.4, -0.2) is 57.2 Å². The molecule has 0 N–H and O–H groups in total. The molecule has 2 aromatic rings. The predicted molar refractivity (Wildman–Crippen MR) is 129 cm³/mol. The lowest BCUT2D eigenvalue weighted by molar-refractivity contribution is -0.148. The largest absolute Gasteiger partial charge is 0.466 e. The molecule has 0 aliphatic carbocycles. The van der Waals surface area contributed by atoms with E-state index in [1.54, 1.807) is 32.3 Å². The van der Waals surface area contributed by atoms with E-state index >= 15 is 0 Å². The van der Waals surface area contributed by atoms with Gasteiger partial charge in [-0.1, -0.05) is 30.0 Å². The number of esters is 1. The second-order valence-electron chi connectivity index (χ2n) is 7.79. The molecule has 0 unspecified atom stereocenters. The summed E-state index contributed by atoms with van der Waals surface area (Å²) in [5.74, 6) is -0.0515. The van der Waals surface area contributed by atoms with E-state index in [9.17, 15) is 14.4 Å². The van der Waals surface area contributed by atoms with E-state index in [0.29, 0.717) is 58.8 Å². The number of ether oxygens (including phenoxy) is 1. The van der Waals surface area contributed by atoms with Gasteiger partial charge in [0.25, 0.3) is 11.5 Å². The van der Waals surface area contributed by atoms with Crippen molar-refractivity contribution in [2.75, 3.05) is 31.6 Å². The molecule has 2 saturated heterocycles. The Morgan fingerprint density at radius 3 is 2.69 bits per heavy atom. The SMILES string of the molecule is CCOC(=O)C1CCN(c2nc3c(C)cccn3c(=O)c2C=C2SC(=S)N(C)C2=O)CC1. The average molecular weight is 473 g/mol. The number of thioether (sulfide) groups is 1. The standard InChI is InChI=1S/C22H24N4O4S2/c1-4-30-21(29)14-7-10-25(11-8-14)18-15(12-16-20(28)24(3)22(31)32-16)19(27)26-9-5-6-13(2)17(26)23-18/h5-6,9,12,14H,4,7-8,10-11H2,1-3H3. The maximum atomic E-state index is 13.5. The molecule has 1 amide bonds. The van der Waals surface area contributed by atoms with Crippen LogP contribution in [0.4, 0.5) is 5.82 Å². The fourth-order valence-corrected chi connectivity index (χ4v) is 5.09. The summed E-state index contributed by atoms with van der Waals surface area (Å²) in [6.45, 7) is 5.19. The number of thiocarbonyl (C=S) groups is 1. The molecule has 2 aromatic heterocycles. The number of carbonyl (C=O) groups is 2. The van der Waals surface area contributed by atoms with Crippen LogP contribution in [0.15, 0.2) is 28.0 Å². The number of amides is 1. The fourth-order valence-electron chi connectivity index (χ4n) is 3.93. The highest BCUT2D eigenvalue weighted by atomic mass is 32.2. The van der Waals surface area contributed by atoms with Gasteiger partial charge in [-0.05, 0) is 44.4 Å². The van der Waals surface area contributed by atoms with Crippen molar-refractivity contribution in [2.24, 2.45) is 5.92 Å². The number of nitrogens with zero attached hydrogens (tertiary/aromatic N) is 4. The van der Waals surface area contributed by atoms with E-state index < -0.39 is 0 Å². The van der Waals surface area contributed by atoms with E-state index in [4.69, 9.17) is 21.9 Å². The second-order valence-corrected chi connectivity index (χ2v) is 9.47. The Morgan fingerprint density at radius 2 is 2.06 bits per heavy atom. The van der Waals surface area contributed by atoms with Gasteiger partial charge in [0, 0.05) is 26.3 Å². The van der Waals surface area contributed by atoms with Crippen LogP contribution in [0.2, 0.25) is 0 Å². The first kappa shape index (κ1) is 22.5. The van der Waals surface area contributed by atoms with Crippen molar-refractivity contribution in [1.29, 1.82) is 0 Å². The van der Waals surface area contributed by atoms with E-state index in [-0.39, 0.29) is 23.4 Å². The summed E-state index contributed by atoms with van der Waals surface area (Å²) in [6, 6.07) is 3.70. The number of piperidine rings is 1. The smallest absolute Gasteiger partial charge is 0.309 e. The summed E-state index contributed by atoms with van der Waals surface area (Å²) in [5, 5.41) is 0. The summed E-state index contributed by atoms with van der Waals surface area (Å²) in [5.41, 5.74) is 1.54. The molecule has 0 spiro atoms. The Balaban J connectivity index is 1.78. The Morgan fingerprint density at radius 1 is 1.34 bits per heavy atom. The van der Waals surface area contributed by atoms with Crippen LogP contribution in [0.3, 0.4) is 0 Å². The summed E-state index contributed by atoms with van der Waals surface area (Å²) in [6.07, 6.45) is 4.50. The first-order valence-electron chi connectivity index (χ1n) is 10.5. The number of rotatable bonds is 4. The Kier molecular flexibility index (Phi) is 6.34. The van der Waals surface area contributed by atoms with Gasteiger partial charge in [0.05, 0.1) is 23.0 Å². The molecule has 0 atom stereocenters. The number of likely N-dealkylation sites (N-methyl/N-ethyl adjacent to an activating group) is 1. The zero-order chi connectivity index (χ0) is 23.0. The molecule has 32 heavy (non-hydrogen) atoms. The number of aromatic nitrogens is 2. The summed E-state index contributed by atoms with van der Waals surface area (Å²) >= 11 is 6.40. The summed E-state index contributed by atoms with van der Waals surface area (Å²) < 4.78 is 7.12. The Labute approximate surface area is 195 Å². The van der Waals surface area contributed by atoms with Crippen molar-refractivity contribution >= 4 is 57.7 Å². The van der Waals surface area contributed by atoms with Gasteiger partial charge in [-0.2, -0.15) is 0 Å². The quantitative estimate of drug-likeness (QED) is 0.382. The van der Waals surface area contributed by atoms with Crippen molar-refractivity contribution < 1.29 is 14.3 Å². The highest BCUT2D eigenvalue weighted by molar-refractivity contribution is 8.26. The maximum absolute atomic E-state index is 13.5. The van der Waals surface area contributed by atoms with Crippen LogP contribution in [0.5, 0.6) is 0 Å². The molecule has 0 aromatic carbocycles. The highest BCUT2D eigenvalue weighted by Gasteiger charge is 2.32. The van der Waals surface area contributed by atoms with Gasteiger partial charge in [0.15, 0.2) is 0 Å². The second kappa shape index (κ2) is 9.03. The van der Waals surface area contributed by atoms with Crippen LogP contribution in [-0.2, 0) is 14.3 Å². The van der Waals surface area contributed by atoms with Gasteiger partial charge in [-0.15, -0.1) is 0 Å². The minimum absolute atomic E-state index is 0.158. The van der Waals surface area contributed by atoms with Gasteiger partial charge >= 0.3 is 5.97 Å². The van der Waals surface area contributed by atoms with Crippen molar-refractivity contribution in [3.05, 3.63) is 44.7 Å². The van der Waals surface area contributed by atoms with Crippen molar-refractivity contribution in [2.45, 2.75) is 26.7 Å². The Bertz CT molecular complexity index is 1200. The first-order valence-corrected chi connectivity index (χ1v) is 11.7. The normalized spacial score (nSPS) is 18.8. The van der Waals surface area contributed by atoms with Crippen LogP contribution in [0, 0.1) is 12.8 Å². The third-order valence-electron chi connectivity index (χ3n) is 5.74. The average Bonchev–Trinajstić information content (AvgIpc) is 3.03. The van der Waals surface area contributed by atoms with Gasteiger partial charge < -0.3 is 9.64 Å². The number of fused-ring (bicyclic) bond motifs is 1. The van der Waals surface area contributed by atoms with E-state index in [0.717, 1.165) is 5.56 Å². The van der Waals surface area contributed by atoms with Crippen molar-refractivity contribution in [3.63, 3.8) is 0 Å². The molecule has 8 nitrogen and oxygen atoms in total. The minimum atomic E-state index is -0.248. The number of hydrogen-bond donors (Lipinski definition) is 0. The molecular formula is C22H24N4O4S2. The van der Waals surface area contributed by atoms with Gasteiger partial charge in [0.2, 0.25) is 0 Å². The lowest BCUT2D eigenvalue weighted by Crippen LogP contribution is -2.39. The molecular weight excluding hydrogens is 448 g/mol. The summed E-state index contributed by atoms with van der Waals surface area (Å²) in [4.78, 5) is 46.8. The van der Waals surface area contributed by atoms with Gasteiger partial charge in [0.1, 0.15) is 15.8 Å². The molecule has 0 radical (unpaired) electrons. The van der Waals surface area contributed by atoms with Crippen LogP contribution in [0.1, 0.15) is 30.9 Å². The Hall–Kier alpha value is -2.72. The van der Waals surface area contributed by atoms with Crippen molar-refractivity contribution in [3.8, 4) is 0 Å². The van der Waals surface area contributed by atoms with Crippen molar-refractivity contribution in [1.82, 2.24) is 14.3 Å². The number of pyridine rings is 1. The molecule has 2 fully saturated rings. The molecule has 0 saturated carbocycles. The van der Waals surface area contributed by atoms with Gasteiger partial charge in [-0.3, -0.25) is 23.7 Å². The van der Waals surface area contributed by atoms with Crippen LogP contribution < -0.4 is 10.5 Å². The molecule has 4 heterocycles. The van der Waals surface area contributed by atoms with E-state index in [2.05, 4.69) is 0 Å². The fraction of sp³-hybridized carbons (Fsp3) is 0.409. The summed E-state index contributed by atoms with van der Waals surface area (Å²) in [7, 11) is 1.62. The first-order chi connectivity index (χ1) is 15.3. The minimum Gasteiger partial charge on any atom is -0.466 e. The highest BCUT2D eigenvalue weighted by Crippen LogP contribution is 2.33. The van der Waals surface area contributed by atoms with Gasteiger partial charge in [-0.25, -0.2) is 4.98 Å².